The summed E-state index contributed by atoms with van der Waals surface area (Å²) < 4.78 is 7.55. The van der Waals surface area contributed by atoms with Crippen molar-refractivity contribution in [2.24, 2.45) is 0 Å². The van der Waals surface area contributed by atoms with Gasteiger partial charge in [0, 0.05) is 19.3 Å². The summed E-state index contributed by atoms with van der Waals surface area (Å²) >= 11 is 1.71. The van der Waals surface area contributed by atoms with Gasteiger partial charge >= 0.3 is 0 Å². The fourth-order valence-electron chi connectivity index (χ4n) is 1.17. The van der Waals surface area contributed by atoms with E-state index < -0.39 is 0 Å². The summed E-state index contributed by atoms with van der Waals surface area (Å²) in [5.41, 5.74) is 0. The smallest absolute Gasteiger partial charge is 0.111 e. The van der Waals surface area contributed by atoms with E-state index in [9.17, 15) is 0 Å². The van der Waals surface area contributed by atoms with Crippen molar-refractivity contribution >= 4 is 11.9 Å². The minimum Gasteiger partial charge on any atom is -0.379 e. The zero-order valence-corrected chi connectivity index (χ0v) is 8.17. The molecular weight excluding hydrogens is 184 g/mol. The average molecular weight is 196 g/mol. The number of pyridine rings is 1. The van der Waals surface area contributed by atoms with E-state index in [1.807, 2.05) is 24.4 Å². The van der Waals surface area contributed by atoms with Crippen molar-refractivity contribution in [2.75, 3.05) is 26.3 Å². The van der Waals surface area contributed by atoms with Crippen LogP contribution in [0.25, 0.3) is 0 Å². The summed E-state index contributed by atoms with van der Waals surface area (Å²) in [5, 5.41) is 1.06. The molecule has 0 amide bonds. The predicted octanol–water partition coefficient (Wildman–Crippen LogP) is 1.42. The topological polar surface area (TPSA) is 25.4 Å². The lowest BCUT2D eigenvalue weighted by molar-refractivity contribution is 0.0773. The molecule has 2 rings (SSSR count). The van der Waals surface area contributed by atoms with Gasteiger partial charge in [-0.2, -0.15) is 0 Å². The fraction of sp³-hybridized carbons (Fsp3) is 0.444. The molecule has 0 aromatic carbocycles. The van der Waals surface area contributed by atoms with Crippen LogP contribution in [0.2, 0.25) is 0 Å². The number of ether oxygens (including phenoxy) is 1. The Kier molecular flexibility index (Phi) is 3.18. The van der Waals surface area contributed by atoms with Gasteiger partial charge in [0.1, 0.15) is 5.03 Å². The first-order chi connectivity index (χ1) is 6.45. The zero-order chi connectivity index (χ0) is 8.93. The standard InChI is InChI=1S/C9H12N2OS/c1-2-4-10-9(3-1)13-11-5-7-12-8-6-11/h1-4H,5-8H2. The summed E-state index contributed by atoms with van der Waals surface area (Å²) in [6.07, 6.45) is 1.82. The Labute approximate surface area is 82.2 Å². The largest absolute Gasteiger partial charge is 0.379 e. The van der Waals surface area contributed by atoms with E-state index in [4.69, 9.17) is 4.74 Å². The Balaban J connectivity index is 1.90. The van der Waals surface area contributed by atoms with E-state index in [1.54, 1.807) is 11.9 Å². The minimum atomic E-state index is 0.833. The summed E-state index contributed by atoms with van der Waals surface area (Å²) in [6.45, 7) is 3.64. The molecule has 1 fully saturated rings. The maximum Gasteiger partial charge on any atom is 0.111 e. The first-order valence-corrected chi connectivity index (χ1v) is 5.14. The van der Waals surface area contributed by atoms with Gasteiger partial charge in [0.05, 0.1) is 13.2 Å². The Hall–Kier alpha value is -0.580. The summed E-state index contributed by atoms with van der Waals surface area (Å²) in [4.78, 5) is 4.25. The molecule has 0 bridgehead atoms. The van der Waals surface area contributed by atoms with Crippen molar-refractivity contribution in [3.8, 4) is 0 Å². The number of hydrogen-bond donors (Lipinski definition) is 0. The highest BCUT2D eigenvalue weighted by molar-refractivity contribution is 7.97. The Morgan fingerprint density at radius 1 is 1.31 bits per heavy atom. The summed E-state index contributed by atoms with van der Waals surface area (Å²) in [7, 11) is 0. The molecule has 0 aliphatic carbocycles. The van der Waals surface area contributed by atoms with Crippen molar-refractivity contribution in [1.82, 2.24) is 9.29 Å². The molecule has 3 nitrogen and oxygen atoms in total. The first kappa shape index (κ1) is 8.99. The van der Waals surface area contributed by atoms with E-state index in [0.29, 0.717) is 0 Å². The van der Waals surface area contributed by atoms with Gasteiger partial charge in [-0.1, -0.05) is 6.07 Å². The molecule has 0 saturated carbocycles. The van der Waals surface area contributed by atoms with Crippen LogP contribution < -0.4 is 0 Å². The highest BCUT2D eigenvalue weighted by Crippen LogP contribution is 2.20. The number of aromatic nitrogens is 1. The second kappa shape index (κ2) is 4.60. The Bertz CT molecular complexity index is 249. The van der Waals surface area contributed by atoms with Crippen LogP contribution in [-0.2, 0) is 4.74 Å². The van der Waals surface area contributed by atoms with Crippen LogP contribution in [0.4, 0.5) is 0 Å². The Morgan fingerprint density at radius 3 is 2.85 bits per heavy atom. The van der Waals surface area contributed by atoms with E-state index in [1.165, 1.54) is 0 Å². The molecule has 1 saturated heterocycles. The van der Waals surface area contributed by atoms with E-state index in [2.05, 4.69) is 9.29 Å². The molecule has 70 valence electrons. The lowest BCUT2D eigenvalue weighted by atomic mass is 10.5. The number of morpholine rings is 1. The molecule has 4 heteroatoms. The number of nitrogens with zero attached hydrogens (tertiary/aromatic N) is 2. The number of rotatable bonds is 2. The van der Waals surface area contributed by atoms with Crippen molar-refractivity contribution in [3.63, 3.8) is 0 Å². The second-order valence-electron chi connectivity index (χ2n) is 2.80. The zero-order valence-electron chi connectivity index (χ0n) is 7.35. The molecule has 1 aliphatic heterocycles. The summed E-state index contributed by atoms with van der Waals surface area (Å²) in [5.74, 6) is 0. The average Bonchev–Trinajstić information content (AvgIpc) is 2.21. The maximum atomic E-state index is 5.26. The molecule has 2 heterocycles. The van der Waals surface area contributed by atoms with E-state index in [0.717, 1.165) is 31.3 Å². The highest BCUT2D eigenvalue weighted by Gasteiger charge is 2.11. The van der Waals surface area contributed by atoms with Gasteiger partial charge in [-0.15, -0.1) is 0 Å². The van der Waals surface area contributed by atoms with Crippen LogP contribution in [0.15, 0.2) is 29.4 Å². The molecule has 1 aromatic rings. The second-order valence-corrected chi connectivity index (χ2v) is 3.92. The van der Waals surface area contributed by atoms with Crippen LogP contribution in [-0.4, -0.2) is 35.6 Å². The molecule has 0 spiro atoms. The summed E-state index contributed by atoms with van der Waals surface area (Å²) in [6, 6.07) is 5.97. The third-order valence-corrected chi connectivity index (χ3v) is 2.88. The molecule has 1 aromatic heterocycles. The fourth-order valence-corrected chi connectivity index (χ4v) is 2.01. The Morgan fingerprint density at radius 2 is 2.15 bits per heavy atom. The van der Waals surface area contributed by atoms with Gasteiger partial charge in [0.15, 0.2) is 0 Å². The first-order valence-electron chi connectivity index (χ1n) is 4.37. The van der Waals surface area contributed by atoms with Crippen molar-refractivity contribution in [3.05, 3.63) is 24.4 Å². The predicted molar refractivity (Wildman–Crippen MR) is 52.5 cm³/mol. The van der Waals surface area contributed by atoms with Crippen LogP contribution in [0, 0.1) is 0 Å². The van der Waals surface area contributed by atoms with Gasteiger partial charge in [-0.25, -0.2) is 9.29 Å². The molecule has 1 aliphatic rings. The number of hydrogen-bond acceptors (Lipinski definition) is 4. The third-order valence-electron chi connectivity index (χ3n) is 1.83. The molecule has 0 unspecified atom stereocenters. The highest BCUT2D eigenvalue weighted by atomic mass is 32.2. The van der Waals surface area contributed by atoms with Gasteiger partial charge in [-0.3, -0.25) is 0 Å². The lowest BCUT2D eigenvalue weighted by Crippen LogP contribution is -2.30. The molecule has 0 radical (unpaired) electrons. The molecule has 13 heavy (non-hydrogen) atoms. The quantitative estimate of drug-likeness (QED) is 0.668. The maximum absolute atomic E-state index is 5.26. The van der Waals surface area contributed by atoms with Crippen molar-refractivity contribution < 1.29 is 4.74 Å². The van der Waals surface area contributed by atoms with Crippen LogP contribution in [0.3, 0.4) is 0 Å². The van der Waals surface area contributed by atoms with Gasteiger partial charge in [0.2, 0.25) is 0 Å². The van der Waals surface area contributed by atoms with E-state index >= 15 is 0 Å². The molecular formula is C9H12N2OS. The normalized spacial score (nSPS) is 18.8. The van der Waals surface area contributed by atoms with Crippen LogP contribution >= 0.6 is 11.9 Å². The van der Waals surface area contributed by atoms with Gasteiger partial charge < -0.3 is 4.74 Å². The lowest BCUT2D eigenvalue weighted by Gasteiger charge is -2.24. The molecule has 0 atom stereocenters. The third kappa shape index (κ3) is 2.69. The SMILES string of the molecule is c1ccc(SN2CCOCC2)nc1. The minimum absolute atomic E-state index is 0.833. The van der Waals surface area contributed by atoms with Crippen LogP contribution in [0.5, 0.6) is 0 Å². The monoisotopic (exact) mass is 196 g/mol. The van der Waals surface area contributed by atoms with Crippen molar-refractivity contribution in [2.45, 2.75) is 5.03 Å². The van der Waals surface area contributed by atoms with Gasteiger partial charge in [-0.05, 0) is 24.1 Å². The van der Waals surface area contributed by atoms with E-state index in [-0.39, 0.29) is 0 Å². The van der Waals surface area contributed by atoms with Gasteiger partial charge in [0.25, 0.3) is 0 Å². The molecule has 0 N–H and O–H groups in total. The van der Waals surface area contributed by atoms with Crippen LogP contribution in [0.1, 0.15) is 0 Å². The van der Waals surface area contributed by atoms with Crippen molar-refractivity contribution in [1.29, 1.82) is 0 Å².